The number of aromatic nitrogens is 4. The molecule has 5 aromatic rings. The first-order chi connectivity index (χ1) is 22.7. The van der Waals surface area contributed by atoms with E-state index in [2.05, 4.69) is 25.3 Å². The lowest BCUT2D eigenvalue weighted by Gasteiger charge is -2.31. The first-order valence-electron chi connectivity index (χ1n) is 14.7. The quantitative estimate of drug-likeness (QED) is 0.227. The van der Waals surface area contributed by atoms with Crippen molar-refractivity contribution < 1.29 is 38.0 Å². The van der Waals surface area contributed by atoms with E-state index in [0.717, 1.165) is 11.1 Å². The minimum atomic E-state index is -0.768. The zero-order valence-corrected chi connectivity index (χ0v) is 26.5. The SMILES string of the molecule is COc1cnc2c(-c3nc4cc(F)c(OC[C@@H](C)OC(=O)Nc5ccc(C(=O)N6CCO[C@@H](CO)C6)nc5)cc4s3)cc(C)cc2n1. The molecule has 3 aromatic heterocycles. The maximum absolute atomic E-state index is 15.0. The zero-order chi connectivity index (χ0) is 33.1. The van der Waals surface area contributed by atoms with Crippen LogP contribution in [-0.4, -0.2) is 94.2 Å². The Hall–Kier alpha value is -4.99. The van der Waals surface area contributed by atoms with E-state index in [1.54, 1.807) is 24.1 Å². The van der Waals surface area contributed by atoms with Gasteiger partial charge in [0.15, 0.2) is 11.6 Å². The molecule has 0 unspecified atom stereocenters. The lowest BCUT2D eigenvalue weighted by Crippen LogP contribution is -2.47. The van der Waals surface area contributed by atoms with Crippen LogP contribution in [0.25, 0.3) is 31.8 Å². The normalized spacial score (nSPS) is 15.4. The molecule has 0 radical (unpaired) electrons. The van der Waals surface area contributed by atoms with Gasteiger partial charge in [-0.25, -0.2) is 29.1 Å². The molecule has 1 aliphatic heterocycles. The predicted molar refractivity (Wildman–Crippen MR) is 171 cm³/mol. The number of morpholine rings is 1. The van der Waals surface area contributed by atoms with E-state index < -0.39 is 24.1 Å². The smallest absolute Gasteiger partial charge is 0.412 e. The van der Waals surface area contributed by atoms with Crippen molar-refractivity contribution in [2.45, 2.75) is 26.1 Å². The highest BCUT2D eigenvalue weighted by molar-refractivity contribution is 7.21. The molecule has 1 fully saturated rings. The number of hydrogen-bond acceptors (Lipinski definition) is 12. The van der Waals surface area contributed by atoms with Crippen LogP contribution in [0.4, 0.5) is 14.9 Å². The number of thiazole rings is 1. The maximum Gasteiger partial charge on any atom is 0.412 e. The first-order valence-corrected chi connectivity index (χ1v) is 15.5. The van der Waals surface area contributed by atoms with Gasteiger partial charge < -0.3 is 29.0 Å². The van der Waals surface area contributed by atoms with E-state index in [9.17, 15) is 14.7 Å². The monoisotopic (exact) mass is 662 g/mol. The van der Waals surface area contributed by atoms with Crippen LogP contribution in [0.3, 0.4) is 0 Å². The summed E-state index contributed by atoms with van der Waals surface area (Å²) in [5.41, 5.74) is 4.04. The van der Waals surface area contributed by atoms with Gasteiger partial charge in [0.1, 0.15) is 23.4 Å². The highest BCUT2D eigenvalue weighted by atomic mass is 32.1. The van der Waals surface area contributed by atoms with E-state index in [1.807, 2.05) is 19.1 Å². The predicted octanol–water partition coefficient (Wildman–Crippen LogP) is 4.61. The highest BCUT2D eigenvalue weighted by Gasteiger charge is 2.25. The van der Waals surface area contributed by atoms with Crippen LogP contribution < -0.4 is 14.8 Å². The molecule has 2 amide bonds. The van der Waals surface area contributed by atoms with E-state index in [4.69, 9.17) is 18.9 Å². The van der Waals surface area contributed by atoms with Crippen molar-refractivity contribution >= 4 is 50.3 Å². The molecular weight excluding hydrogens is 631 g/mol. The second-order valence-electron chi connectivity index (χ2n) is 10.9. The Morgan fingerprint density at radius 3 is 2.79 bits per heavy atom. The summed E-state index contributed by atoms with van der Waals surface area (Å²) in [6.45, 7) is 4.26. The first kappa shape index (κ1) is 32.0. The Kier molecular flexibility index (Phi) is 9.38. The Morgan fingerprint density at radius 2 is 2.02 bits per heavy atom. The zero-order valence-electron chi connectivity index (χ0n) is 25.7. The number of nitrogens with zero attached hydrogens (tertiary/aromatic N) is 5. The molecule has 0 spiro atoms. The van der Waals surface area contributed by atoms with Gasteiger partial charge in [0, 0.05) is 30.8 Å². The molecule has 1 aliphatic rings. The van der Waals surface area contributed by atoms with Crippen LogP contribution >= 0.6 is 11.3 Å². The number of fused-ring (bicyclic) bond motifs is 2. The van der Waals surface area contributed by atoms with E-state index >= 15 is 4.39 Å². The minimum Gasteiger partial charge on any atom is -0.487 e. The van der Waals surface area contributed by atoms with Gasteiger partial charge in [0.25, 0.3) is 5.91 Å². The van der Waals surface area contributed by atoms with Gasteiger partial charge in [0.2, 0.25) is 5.88 Å². The topological polar surface area (TPSA) is 158 Å². The van der Waals surface area contributed by atoms with Crippen molar-refractivity contribution in [3.63, 3.8) is 0 Å². The number of aryl methyl sites for hydroxylation is 1. The Bertz CT molecular complexity index is 1940. The van der Waals surface area contributed by atoms with Gasteiger partial charge in [-0.3, -0.25) is 10.1 Å². The maximum atomic E-state index is 15.0. The summed E-state index contributed by atoms with van der Waals surface area (Å²) in [5, 5.41) is 12.5. The third kappa shape index (κ3) is 7.21. The van der Waals surface area contributed by atoms with Crippen LogP contribution in [-0.2, 0) is 9.47 Å². The number of anilines is 1. The number of carbonyl (C=O) groups is 2. The summed E-state index contributed by atoms with van der Waals surface area (Å²) in [6, 6.07) is 9.77. The van der Waals surface area contributed by atoms with Crippen molar-refractivity contribution in [3.8, 4) is 22.2 Å². The van der Waals surface area contributed by atoms with Crippen LogP contribution in [0.1, 0.15) is 23.0 Å². The molecule has 2 aromatic carbocycles. The fourth-order valence-electron chi connectivity index (χ4n) is 5.01. The van der Waals surface area contributed by atoms with Crippen LogP contribution in [0.2, 0.25) is 0 Å². The lowest BCUT2D eigenvalue weighted by atomic mass is 10.1. The number of nitrogens with one attached hydrogen (secondary N) is 1. The number of amides is 2. The van der Waals surface area contributed by atoms with Crippen LogP contribution in [0.5, 0.6) is 11.6 Å². The highest BCUT2D eigenvalue weighted by Crippen LogP contribution is 2.37. The molecule has 1 saturated heterocycles. The minimum absolute atomic E-state index is 0.00257. The number of pyridine rings is 1. The summed E-state index contributed by atoms with van der Waals surface area (Å²) < 4.78 is 37.3. The van der Waals surface area contributed by atoms with Crippen molar-refractivity contribution in [2.24, 2.45) is 0 Å². The van der Waals surface area contributed by atoms with Crippen molar-refractivity contribution in [3.05, 3.63) is 65.9 Å². The number of aliphatic hydroxyl groups is 1. The average molecular weight is 663 g/mol. The average Bonchev–Trinajstić information content (AvgIpc) is 3.49. The van der Waals surface area contributed by atoms with Gasteiger partial charge in [0.05, 0.1) is 65.8 Å². The second kappa shape index (κ2) is 13.8. The fourth-order valence-corrected chi connectivity index (χ4v) is 6.00. The molecule has 0 bridgehead atoms. The molecule has 0 saturated carbocycles. The van der Waals surface area contributed by atoms with Crippen LogP contribution in [0.15, 0.2) is 48.8 Å². The van der Waals surface area contributed by atoms with Gasteiger partial charge in [-0.1, -0.05) is 0 Å². The molecule has 4 heterocycles. The van der Waals surface area contributed by atoms with Crippen molar-refractivity contribution in [2.75, 3.05) is 45.3 Å². The molecule has 244 valence electrons. The Balaban J connectivity index is 1.06. The number of ether oxygens (including phenoxy) is 4. The van der Waals surface area contributed by atoms with E-state index in [0.29, 0.717) is 51.0 Å². The van der Waals surface area contributed by atoms with E-state index in [-0.39, 0.29) is 37.1 Å². The third-order valence-electron chi connectivity index (χ3n) is 7.29. The van der Waals surface area contributed by atoms with Crippen molar-refractivity contribution in [1.82, 2.24) is 24.8 Å². The molecule has 6 rings (SSSR count). The molecule has 13 nitrogen and oxygen atoms in total. The number of halogens is 1. The summed E-state index contributed by atoms with van der Waals surface area (Å²) in [5.74, 6) is -0.503. The number of rotatable bonds is 9. The summed E-state index contributed by atoms with van der Waals surface area (Å²) in [7, 11) is 1.53. The van der Waals surface area contributed by atoms with Crippen molar-refractivity contribution in [1.29, 1.82) is 0 Å². The molecule has 0 aliphatic carbocycles. The number of hydrogen-bond donors (Lipinski definition) is 2. The largest absolute Gasteiger partial charge is 0.487 e. The standard InChI is InChI=1S/C32H31FN6O7S/c1-17-8-21(29-25(9-17)37-28(43-3)13-35-29)30-38-24-10-22(33)26(11-27(24)47-30)45-16-18(2)46-32(42)36-19-4-5-23(34-12-19)31(41)39-6-7-44-20(14-39)15-40/h4-5,8-13,18,20,40H,6-7,14-16H2,1-3H3,(H,36,42)/t18-,20-/m1/s1. The van der Waals surface area contributed by atoms with Crippen LogP contribution in [0, 0.1) is 12.7 Å². The summed E-state index contributed by atoms with van der Waals surface area (Å²) in [6.07, 6.45) is 0.958. The molecule has 15 heteroatoms. The van der Waals surface area contributed by atoms with Gasteiger partial charge in [-0.05, 0) is 43.7 Å². The number of carbonyl (C=O) groups excluding carboxylic acids is 2. The number of benzene rings is 2. The fraction of sp³-hybridized carbons (Fsp3) is 0.312. The summed E-state index contributed by atoms with van der Waals surface area (Å²) >= 11 is 1.37. The van der Waals surface area contributed by atoms with E-state index in [1.165, 1.54) is 42.8 Å². The van der Waals surface area contributed by atoms with Gasteiger partial charge >= 0.3 is 6.09 Å². The molecular formula is C32H31FN6O7S. The molecule has 2 atom stereocenters. The number of methoxy groups -OCH3 is 1. The Morgan fingerprint density at radius 1 is 1.17 bits per heavy atom. The summed E-state index contributed by atoms with van der Waals surface area (Å²) in [4.78, 5) is 44.6. The van der Waals surface area contributed by atoms with Gasteiger partial charge in [-0.2, -0.15) is 0 Å². The second-order valence-corrected chi connectivity index (χ2v) is 11.9. The Labute approximate surface area is 272 Å². The molecule has 47 heavy (non-hydrogen) atoms. The van der Waals surface area contributed by atoms with Gasteiger partial charge in [-0.15, -0.1) is 11.3 Å². The third-order valence-corrected chi connectivity index (χ3v) is 8.34. The number of aliphatic hydroxyl groups excluding tert-OH is 1. The lowest BCUT2D eigenvalue weighted by molar-refractivity contribution is -0.0448. The molecule has 2 N–H and O–H groups in total.